The topological polar surface area (TPSA) is 124 Å². The molecule has 212 valence electrons. The number of carboxylic acid groups (broad SMARTS) is 1. The summed E-state index contributed by atoms with van der Waals surface area (Å²) < 4.78 is 6.34. The lowest BCUT2D eigenvalue weighted by Crippen LogP contribution is -2.60. The Hall–Kier alpha value is -1.70. The molecule has 6 unspecified atom stereocenters. The summed E-state index contributed by atoms with van der Waals surface area (Å²) in [7, 11) is 0. The van der Waals surface area contributed by atoms with Crippen LogP contribution in [0.1, 0.15) is 108 Å². The van der Waals surface area contributed by atoms with Crippen LogP contribution in [0.5, 0.6) is 0 Å². The van der Waals surface area contributed by atoms with E-state index in [9.17, 15) is 24.9 Å². The number of allylic oxidation sites excluding steroid dienone is 2. The van der Waals surface area contributed by atoms with Gasteiger partial charge in [-0.15, -0.1) is 0 Å². The van der Waals surface area contributed by atoms with Crippen LogP contribution in [0.2, 0.25) is 0 Å². The minimum atomic E-state index is -1.55. The van der Waals surface area contributed by atoms with Gasteiger partial charge in [-0.25, -0.2) is 0 Å². The van der Waals surface area contributed by atoms with Crippen molar-refractivity contribution in [2.75, 3.05) is 0 Å². The van der Waals surface area contributed by atoms with E-state index in [1.807, 2.05) is 39.8 Å². The van der Waals surface area contributed by atoms with Crippen LogP contribution in [-0.2, 0) is 14.3 Å². The van der Waals surface area contributed by atoms with Crippen molar-refractivity contribution in [2.24, 2.45) is 22.2 Å². The lowest BCUT2D eigenvalue weighted by atomic mass is 9.47. The van der Waals surface area contributed by atoms with Gasteiger partial charge in [0.05, 0.1) is 28.6 Å². The zero-order valence-corrected chi connectivity index (χ0v) is 24.6. The van der Waals surface area contributed by atoms with E-state index in [1.165, 1.54) is 6.92 Å². The largest absolute Gasteiger partial charge is 0.481 e. The number of esters is 1. The molecule has 0 aromatic heterocycles. The zero-order valence-electron chi connectivity index (χ0n) is 24.6. The Morgan fingerprint density at radius 3 is 2.14 bits per heavy atom. The van der Waals surface area contributed by atoms with Gasteiger partial charge in [-0.3, -0.25) is 9.59 Å². The van der Waals surface area contributed by atoms with Gasteiger partial charge in [0, 0.05) is 18.8 Å². The molecule has 37 heavy (non-hydrogen) atoms. The summed E-state index contributed by atoms with van der Waals surface area (Å²) >= 11 is 0. The molecule has 0 amide bonds. The second-order valence-corrected chi connectivity index (χ2v) is 14.3. The maximum atomic E-state index is 13.3. The number of ether oxygens (including phenoxy) is 1. The van der Waals surface area contributed by atoms with Crippen LogP contribution in [-0.4, -0.2) is 54.8 Å². The van der Waals surface area contributed by atoms with E-state index in [0.717, 1.165) is 5.57 Å². The van der Waals surface area contributed by atoms with Crippen LogP contribution in [0.15, 0.2) is 23.8 Å². The number of aliphatic carboxylic acids is 1. The Morgan fingerprint density at radius 1 is 1.05 bits per heavy atom. The lowest BCUT2D eigenvalue weighted by Gasteiger charge is -2.60. The van der Waals surface area contributed by atoms with E-state index in [-0.39, 0.29) is 30.1 Å². The van der Waals surface area contributed by atoms with Gasteiger partial charge < -0.3 is 25.2 Å². The van der Waals surface area contributed by atoms with Crippen molar-refractivity contribution in [2.45, 2.75) is 130 Å². The van der Waals surface area contributed by atoms with Gasteiger partial charge in [0.15, 0.2) is 0 Å². The van der Waals surface area contributed by atoms with Gasteiger partial charge in [0.2, 0.25) is 0 Å². The Labute approximate surface area is 223 Å². The second-order valence-electron chi connectivity index (χ2n) is 14.3. The monoisotopic (exact) mass is 522 g/mol. The van der Waals surface area contributed by atoms with Crippen molar-refractivity contribution in [3.8, 4) is 0 Å². The van der Waals surface area contributed by atoms with E-state index >= 15 is 0 Å². The van der Waals surface area contributed by atoms with Crippen molar-refractivity contribution < 1.29 is 34.8 Å². The molecule has 6 atom stereocenters. The first kappa shape index (κ1) is 31.5. The first-order valence-electron chi connectivity index (χ1n) is 13.5. The molecule has 0 aliphatic heterocycles. The average molecular weight is 523 g/mol. The SMILES string of the molecule is CCC(C)(C)C(=O)OC1(C)CC(C)(O)C=C2C=CC(C)(C)C(C)(CCC(C)(O)CC(C)(O)CC(=O)O)C21. The normalized spacial score (nSPS) is 34.5. The third-order valence-electron chi connectivity index (χ3n) is 9.17. The molecule has 0 saturated carbocycles. The molecule has 0 fully saturated rings. The van der Waals surface area contributed by atoms with Crippen molar-refractivity contribution in [3.05, 3.63) is 23.8 Å². The van der Waals surface area contributed by atoms with E-state index < -0.39 is 45.6 Å². The maximum absolute atomic E-state index is 13.3. The number of carboxylic acids is 1. The highest BCUT2D eigenvalue weighted by Gasteiger charge is 2.60. The lowest BCUT2D eigenvalue weighted by molar-refractivity contribution is -0.193. The first-order chi connectivity index (χ1) is 16.4. The first-order valence-corrected chi connectivity index (χ1v) is 13.5. The highest BCUT2D eigenvalue weighted by Crippen LogP contribution is 2.62. The standard InChI is InChI=1S/C30H50O7/c1-11-24(2,3)23(33)37-30(10)19-27(7,35)16-20-12-13-25(4,5)29(9,22(20)30)15-14-26(6,34)18-28(8,36)17-21(31)32/h12-13,16,22,34-36H,11,14-15,17-19H2,1-10H3,(H,31,32). The molecule has 2 aliphatic rings. The van der Waals surface area contributed by atoms with E-state index in [1.54, 1.807) is 13.8 Å². The second kappa shape index (κ2) is 9.80. The number of carbonyl (C=O) groups excluding carboxylic acids is 1. The van der Waals surface area contributed by atoms with Gasteiger partial charge >= 0.3 is 11.9 Å². The molecular formula is C30H50O7. The van der Waals surface area contributed by atoms with Crippen molar-refractivity contribution >= 4 is 11.9 Å². The minimum Gasteiger partial charge on any atom is -0.481 e. The Kier molecular flexibility index (Phi) is 8.35. The Morgan fingerprint density at radius 2 is 1.62 bits per heavy atom. The van der Waals surface area contributed by atoms with Gasteiger partial charge in [-0.1, -0.05) is 39.8 Å². The summed E-state index contributed by atoms with van der Waals surface area (Å²) in [4.78, 5) is 24.5. The molecule has 0 bridgehead atoms. The van der Waals surface area contributed by atoms with Gasteiger partial charge in [0.25, 0.3) is 0 Å². The molecule has 0 heterocycles. The molecule has 0 aromatic carbocycles. The summed E-state index contributed by atoms with van der Waals surface area (Å²) in [5.41, 5.74) is -5.67. The highest BCUT2D eigenvalue weighted by atomic mass is 16.6. The molecule has 0 spiro atoms. The fraction of sp³-hybridized carbons (Fsp3) is 0.800. The van der Waals surface area contributed by atoms with Crippen molar-refractivity contribution in [3.63, 3.8) is 0 Å². The van der Waals surface area contributed by atoms with Crippen LogP contribution in [0, 0.1) is 22.2 Å². The molecule has 0 radical (unpaired) electrons. The fourth-order valence-electron chi connectivity index (χ4n) is 6.59. The third-order valence-corrected chi connectivity index (χ3v) is 9.17. The summed E-state index contributed by atoms with van der Waals surface area (Å²) in [5.74, 6) is -1.68. The molecule has 2 rings (SSSR count). The van der Waals surface area contributed by atoms with E-state index in [2.05, 4.69) is 26.8 Å². The van der Waals surface area contributed by atoms with Gasteiger partial charge in [0.1, 0.15) is 5.60 Å². The smallest absolute Gasteiger partial charge is 0.312 e. The fourth-order valence-corrected chi connectivity index (χ4v) is 6.59. The minimum absolute atomic E-state index is 0.0856. The highest BCUT2D eigenvalue weighted by molar-refractivity contribution is 5.76. The van der Waals surface area contributed by atoms with Gasteiger partial charge in [-0.2, -0.15) is 0 Å². The maximum Gasteiger partial charge on any atom is 0.312 e. The van der Waals surface area contributed by atoms with E-state index in [4.69, 9.17) is 9.84 Å². The van der Waals surface area contributed by atoms with Crippen LogP contribution >= 0.6 is 0 Å². The Balaban J connectivity index is 2.52. The third kappa shape index (κ3) is 6.85. The van der Waals surface area contributed by atoms with Crippen LogP contribution in [0.3, 0.4) is 0 Å². The number of aliphatic hydroxyl groups is 3. The van der Waals surface area contributed by atoms with Crippen LogP contribution in [0.25, 0.3) is 0 Å². The number of rotatable bonds is 10. The molecular weight excluding hydrogens is 472 g/mol. The predicted octanol–water partition coefficient (Wildman–Crippen LogP) is 5.17. The Bertz CT molecular complexity index is 953. The van der Waals surface area contributed by atoms with Crippen molar-refractivity contribution in [1.82, 2.24) is 0 Å². The number of carbonyl (C=O) groups is 2. The molecule has 0 aromatic rings. The molecule has 7 nitrogen and oxygen atoms in total. The van der Waals surface area contributed by atoms with Crippen molar-refractivity contribution in [1.29, 1.82) is 0 Å². The summed E-state index contributed by atoms with van der Waals surface area (Å²) in [6.07, 6.45) is 7.14. The molecule has 4 N–H and O–H groups in total. The number of hydrogen-bond donors (Lipinski definition) is 4. The quantitative estimate of drug-likeness (QED) is 0.292. The number of hydrogen-bond acceptors (Lipinski definition) is 6. The molecule has 2 aliphatic carbocycles. The summed E-state index contributed by atoms with van der Waals surface area (Å²) in [6.45, 7) is 18.8. The summed E-state index contributed by atoms with van der Waals surface area (Å²) in [5, 5.41) is 42.2. The summed E-state index contributed by atoms with van der Waals surface area (Å²) in [6, 6.07) is 0. The van der Waals surface area contributed by atoms with Gasteiger partial charge in [-0.05, 0) is 83.3 Å². The predicted molar refractivity (Wildman–Crippen MR) is 144 cm³/mol. The number of fused-ring (bicyclic) bond motifs is 1. The van der Waals surface area contributed by atoms with Crippen LogP contribution in [0.4, 0.5) is 0 Å². The van der Waals surface area contributed by atoms with E-state index in [0.29, 0.717) is 19.3 Å². The molecule has 7 heteroatoms. The molecule has 0 saturated heterocycles. The average Bonchev–Trinajstić information content (AvgIpc) is 2.66. The zero-order chi connectivity index (χ0) is 28.9. The van der Waals surface area contributed by atoms with Crippen LogP contribution < -0.4 is 0 Å².